The maximum atomic E-state index is 12.0. The second kappa shape index (κ2) is 8.12. The molecule has 0 aliphatic carbocycles. The lowest BCUT2D eigenvalue weighted by molar-refractivity contribution is -0.135. The van der Waals surface area contributed by atoms with Gasteiger partial charge in [0.25, 0.3) is 5.91 Å². The predicted octanol–water partition coefficient (Wildman–Crippen LogP) is 4.23. The number of rotatable bonds is 7. The van der Waals surface area contributed by atoms with Gasteiger partial charge >= 0.3 is 6.18 Å². The van der Waals surface area contributed by atoms with Crippen molar-refractivity contribution in [2.75, 3.05) is 18.4 Å². The lowest BCUT2D eigenvalue weighted by Crippen LogP contribution is -2.25. The van der Waals surface area contributed by atoms with Gasteiger partial charge in [0.15, 0.2) is 0 Å². The third kappa shape index (κ3) is 6.71. The Balaban J connectivity index is 2.50. The van der Waals surface area contributed by atoms with Crippen LogP contribution in [0.5, 0.6) is 0 Å². The van der Waals surface area contributed by atoms with E-state index >= 15 is 0 Å². The number of alkyl halides is 3. The number of hydrogen-bond donors (Lipinski definition) is 2. The Kier molecular flexibility index (Phi) is 6.81. The molecule has 0 aliphatic rings. The van der Waals surface area contributed by atoms with E-state index in [1.807, 2.05) is 6.92 Å². The zero-order valence-corrected chi connectivity index (χ0v) is 12.4. The van der Waals surface area contributed by atoms with Crippen molar-refractivity contribution in [3.8, 4) is 0 Å². The van der Waals surface area contributed by atoms with Crippen molar-refractivity contribution in [3.63, 3.8) is 0 Å². The van der Waals surface area contributed by atoms with E-state index < -0.39 is 12.6 Å². The highest BCUT2D eigenvalue weighted by atomic mass is 35.5. The van der Waals surface area contributed by atoms with E-state index in [0.717, 1.165) is 0 Å². The van der Waals surface area contributed by atoms with E-state index in [9.17, 15) is 18.0 Å². The van der Waals surface area contributed by atoms with Crippen molar-refractivity contribution in [2.45, 2.75) is 32.4 Å². The van der Waals surface area contributed by atoms with Crippen LogP contribution >= 0.6 is 11.6 Å². The summed E-state index contributed by atoms with van der Waals surface area (Å²) in [4.78, 5) is 12.0. The molecule has 1 aromatic carbocycles. The molecule has 0 atom stereocenters. The Morgan fingerprint density at radius 1 is 1.29 bits per heavy atom. The molecular formula is C14H18ClF3N2O. The Labute approximate surface area is 126 Å². The molecule has 1 rings (SSSR count). The van der Waals surface area contributed by atoms with Gasteiger partial charge in [0.05, 0.1) is 5.56 Å². The number of unbranched alkanes of at least 4 members (excludes halogenated alkanes) is 1. The number of hydrogen-bond acceptors (Lipinski definition) is 2. The second-order valence-electron chi connectivity index (χ2n) is 4.55. The molecule has 0 fully saturated rings. The van der Waals surface area contributed by atoms with Gasteiger partial charge in [-0.3, -0.25) is 4.79 Å². The van der Waals surface area contributed by atoms with E-state index in [4.69, 9.17) is 11.6 Å². The van der Waals surface area contributed by atoms with Crippen LogP contribution in [0.2, 0.25) is 5.02 Å². The minimum absolute atomic E-state index is 0.000602. The first-order valence-electron chi connectivity index (χ1n) is 6.72. The summed E-state index contributed by atoms with van der Waals surface area (Å²) in [5, 5.41) is 6.07. The minimum Gasteiger partial charge on any atom is -0.385 e. The summed E-state index contributed by atoms with van der Waals surface area (Å²) in [6.07, 6.45) is -4.69. The smallest absolute Gasteiger partial charge is 0.385 e. The predicted molar refractivity (Wildman–Crippen MR) is 77.9 cm³/mol. The van der Waals surface area contributed by atoms with Crippen LogP contribution in [0, 0.1) is 0 Å². The molecule has 0 saturated heterocycles. The number of benzene rings is 1. The first-order chi connectivity index (χ1) is 9.83. The number of nitrogens with one attached hydrogen (secondary N) is 2. The second-order valence-corrected chi connectivity index (χ2v) is 4.98. The van der Waals surface area contributed by atoms with Gasteiger partial charge in [-0.05, 0) is 38.0 Å². The molecule has 0 bridgehead atoms. The maximum Gasteiger partial charge on any atom is 0.389 e. The van der Waals surface area contributed by atoms with Crippen LogP contribution in [-0.4, -0.2) is 25.2 Å². The van der Waals surface area contributed by atoms with Crippen molar-refractivity contribution in [3.05, 3.63) is 28.8 Å². The number of amides is 1. The molecule has 1 aromatic rings. The molecule has 21 heavy (non-hydrogen) atoms. The molecule has 118 valence electrons. The molecule has 0 spiro atoms. The first kappa shape index (κ1) is 17.6. The highest BCUT2D eigenvalue weighted by Crippen LogP contribution is 2.22. The molecular weight excluding hydrogens is 305 g/mol. The quantitative estimate of drug-likeness (QED) is 0.737. The van der Waals surface area contributed by atoms with E-state index in [1.54, 1.807) is 12.1 Å². The standard InChI is InChI=1S/C14H18ClF3N2O/c1-2-19-12-6-5-10(15)9-11(12)13(21)20-8-4-3-7-14(16,17)18/h5-6,9,19H,2-4,7-8H2,1H3,(H,20,21). The van der Waals surface area contributed by atoms with Crippen molar-refractivity contribution >= 4 is 23.2 Å². The SMILES string of the molecule is CCNc1ccc(Cl)cc1C(=O)NCCCCC(F)(F)F. The minimum atomic E-state index is -4.14. The molecule has 2 N–H and O–H groups in total. The Morgan fingerprint density at radius 2 is 2.00 bits per heavy atom. The topological polar surface area (TPSA) is 41.1 Å². The fraction of sp³-hybridized carbons (Fsp3) is 0.500. The lowest BCUT2D eigenvalue weighted by atomic mass is 10.1. The molecule has 3 nitrogen and oxygen atoms in total. The van der Waals surface area contributed by atoms with Gasteiger partial charge in [0.1, 0.15) is 0 Å². The van der Waals surface area contributed by atoms with Crippen LogP contribution in [0.4, 0.5) is 18.9 Å². The third-order valence-electron chi connectivity index (χ3n) is 2.77. The lowest BCUT2D eigenvalue weighted by Gasteiger charge is -2.12. The van der Waals surface area contributed by atoms with Crippen molar-refractivity contribution in [1.29, 1.82) is 0 Å². The molecule has 0 unspecified atom stereocenters. The van der Waals surface area contributed by atoms with E-state index in [0.29, 0.717) is 22.8 Å². The Morgan fingerprint density at radius 3 is 2.62 bits per heavy atom. The highest BCUT2D eigenvalue weighted by molar-refractivity contribution is 6.31. The molecule has 0 aromatic heterocycles. The first-order valence-corrected chi connectivity index (χ1v) is 7.09. The number of carbonyl (C=O) groups is 1. The van der Waals surface area contributed by atoms with Crippen molar-refractivity contribution < 1.29 is 18.0 Å². The average Bonchev–Trinajstić information content (AvgIpc) is 2.39. The zero-order chi connectivity index (χ0) is 15.9. The molecule has 0 heterocycles. The Bertz CT molecular complexity index is 478. The number of anilines is 1. The fourth-order valence-electron chi connectivity index (χ4n) is 1.80. The van der Waals surface area contributed by atoms with Crippen LogP contribution in [0.25, 0.3) is 0 Å². The molecule has 1 amide bonds. The van der Waals surface area contributed by atoms with Crippen LogP contribution in [0.15, 0.2) is 18.2 Å². The largest absolute Gasteiger partial charge is 0.389 e. The zero-order valence-electron chi connectivity index (χ0n) is 11.7. The normalized spacial score (nSPS) is 11.3. The summed E-state index contributed by atoms with van der Waals surface area (Å²) in [7, 11) is 0. The summed E-state index contributed by atoms with van der Waals surface area (Å²) in [6, 6.07) is 4.90. The van der Waals surface area contributed by atoms with Gasteiger partial charge in [-0.25, -0.2) is 0 Å². The fourth-order valence-corrected chi connectivity index (χ4v) is 1.97. The van der Waals surface area contributed by atoms with Crippen molar-refractivity contribution in [2.24, 2.45) is 0 Å². The summed E-state index contributed by atoms with van der Waals surface area (Å²) < 4.78 is 35.9. The molecule has 0 saturated carbocycles. The highest BCUT2D eigenvalue weighted by Gasteiger charge is 2.25. The number of carbonyl (C=O) groups excluding carboxylic acids is 1. The Hall–Kier alpha value is -1.43. The van der Waals surface area contributed by atoms with Gasteiger partial charge in [-0.2, -0.15) is 13.2 Å². The van der Waals surface area contributed by atoms with E-state index in [2.05, 4.69) is 10.6 Å². The average molecular weight is 323 g/mol. The summed E-state index contributed by atoms with van der Waals surface area (Å²) in [6.45, 7) is 2.74. The van der Waals surface area contributed by atoms with E-state index in [-0.39, 0.29) is 25.3 Å². The molecule has 0 aliphatic heterocycles. The third-order valence-corrected chi connectivity index (χ3v) is 3.00. The van der Waals surface area contributed by atoms with Gasteiger partial charge in [0, 0.05) is 30.2 Å². The van der Waals surface area contributed by atoms with Gasteiger partial charge < -0.3 is 10.6 Å². The van der Waals surface area contributed by atoms with Crippen LogP contribution in [0.1, 0.15) is 36.5 Å². The number of halogens is 4. The van der Waals surface area contributed by atoms with Crippen molar-refractivity contribution in [1.82, 2.24) is 5.32 Å². The van der Waals surface area contributed by atoms with Gasteiger partial charge in [-0.15, -0.1) is 0 Å². The molecule has 0 radical (unpaired) electrons. The molecule has 7 heteroatoms. The van der Waals surface area contributed by atoms with Gasteiger partial charge in [0.2, 0.25) is 0 Å². The van der Waals surface area contributed by atoms with Crippen LogP contribution in [0.3, 0.4) is 0 Å². The summed E-state index contributed by atoms with van der Waals surface area (Å²) in [5.74, 6) is -0.347. The van der Waals surface area contributed by atoms with Crippen LogP contribution < -0.4 is 10.6 Å². The summed E-state index contributed by atoms with van der Waals surface area (Å²) in [5.41, 5.74) is 1.04. The van der Waals surface area contributed by atoms with E-state index in [1.165, 1.54) is 6.07 Å². The van der Waals surface area contributed by atoms with Crippen LogP contribution in [-0.2, 0) is 0 Å². The summed E-state index contributed by atoms with van der Waals surface area (Å²) >= 11 is 5.86. The van der Waals surface area contributed by atoms with Gasteiger partial charge in [-0.1, -0.05) is 11.6 Å². The maximum absolute atomic E-state index is 12.0. The monoisotopic (exact) mass is 322 g/mol.